The molecule has 1 aromatic carbocycles. The maximum absolute atomic E-state index is 11.6. The van der Waals surface area contributed by atoms with Crippen molar-refractivity contribution < 1.29 is 9.90 Å². The minimum absolute atomic E-state index is 0.0309. The maximum atomic E-state index is 11.6. The van der Waals surface area contributed by atoms with E-state index in [0.29, 0.717) is 11.4 Å². The van der Waals surface area contributed by atoms with Crippen LogP contribution >= 0.6 is 11.3 Å². The van der Waals surface area contributed by atoms with E-state index in [1.165, 1.54) is 11.3 Å². The minimum atomic E-state index is -0.0309. The Bertz CT molecular complexity index is 621. The van der Waals surface area contributed by atoms with Gasteiger partial charge in [0.2, 0.25) is 5.91 Å². The van der Waals surface area contributed by atoms with Gasteiger partial charge in [-0.3, -0.25) is 4.79 Å². The van der Waals surface area contributed by atoms with Gasteiger partial charge in [-0.2, -0.15) is 0 Å². The molecule has 5 heteroatoms. The Kier molecular flexibility index (Phi) is 2.65. The fourth-order valence-corrected chi connectivity index (χ4v) is 2.81. The summed E-state index contributed by atoms with van der Waals surface area (Å²) in [6.45, 7) is -0.0309. The van der Waals surface area contributed by atoms with Crippen LogP contribution in [0.25, 0.3) is 11.3 Å². The number of likely N-dealkylation sites (N-methyl/N-ethyl adjacent to an activating group) is 1. The first-order valence-corrected chi connectivity index (χ1v) is 6.52. The van der Waals surface area contributed by atoms with Gasteiger partial charge in [0.15, 0.2) is 0 Å². The fourth-order valence-electron chi connectivity index (χ4n) is 2.15. The van der Waals surface area contributed by atoms with Gasteiger partial charge >= 0.3 is 0 Å². The second kappa shape index (κ2) is 4.19. The van der Waals surface area contributed by atoms with E-state index in [1.54, 1.807) is 11.9 Å². The second-order valence-electron chi connectivity index (χ2n) is 4.26. The van der Waals surface area contributed by atoms with Crippen LogP contribution in [-0.4, -0.2) is 23.0 Å². The van der Waals surface area contributed by atoms with Crippen LogP contribution in [0, 0.1) is 0 Å². The van der Waals surface area contributed by atoms with Gasteiger partial charge in [-0.25, -0.2) is 4.98 Å². The summed E-state index contributed by atoms with van der Waals surface area (Å²) in [5.41, 5.74) is 3.86. The number of aliphatic hydroxyl groups is 1. The Morgan fingerprint density at radius 3 is 3.06 bits per heavy atom. The summed E-state index contributed by atoms with van der Waals surface area (Å²) >= 11 is 1.44. The van der Waals surface area contributed by atoms with Crippen molar-refractivity contribution in [1.82, 2.24) is 4.98 Å². The van der Waals surface area contributed by atoms with Gasteiger partial charge in [0, 0.05) is 23.7 Å². The highest BCUT2D eigenvalue weighted by Crippen LogP contribution is 2.32. The summed E-state index contributed by atoms with van der Waals surface area (Å²) in [5.74, 6) is 0.122. The molecule has 0 saturated heterocycles. The summed E-state index contributed by atoms with van der Waals surface area (Å²) in [6, 6.07) is 5.92. The number of hydrogen-bond donors (Lipinski definition) is 1. The average Bonchev–Trinajstić information content (AvgIpc) is 2.95. The normalized spacial score (nSPS) is 14.1. The van der Waals surface area contributed by atoms with Gasteiger partial charge in [-0.15, -0.1) is 11.3 Å². The van der Waals surface area contributed by atoms with Crippen molar-refractivity contribution >= 4 is 22.9 Å². The van der Waals surface area contributed by atoms with Gasteiger partial charge in [0.25, 0.3) is 0 Å². The molecule has 1 aliphatic rings. The standard InChI is InChI=1S/C13H12N2O2S/c1-15-11-3-2-8(4-9(11)5-13(15)17)10-7-18-12(6-16)14-10/h2-4,7,16H,5-6H2,1H3. The molecule has 3 rings (SSSR count). The molecule has 0 atom stereocenters. The molecule has 0 spiro atoms. The molecule has 2 heterocycles. The largest absolute Gasteiger partial charge is 0.389 e. The number of fused-ring (bicyclic) bond motifs is 1. The Balaban J connectivity index is 2.01. The molecule has 4 nitrogen and oxygen atoms in total. The smallest absolute Gasteiger partial charge is 0.231 e. The van der Waals surface area contributed by atoms with Crippen molar-refractivity contribution in [1.29, 1.82) is 0 Å². The van der Waals surface area contributed by atoms with Crippen LogP contribution in [0.1, 0.15) is 10.6 Å². The number of benzene rings is 1. The van der Waals surface area contributed by atoms with Gasteiger partial charge < -0.3 is 10.0 Å². The number of carbonyl (C=O) groups excluding carboxylic acids is 1. The van der Waals surface area contributed by atoms with E-state index in [-0.39, 0.29) is 12.5 Å². The van der Waals surface area contributed by atoms with E-state index < -0.39 is 0 Å². The number of aliphatic hydroxyl groups excluding tert-OH is 1. The molecule has 0 fully saturated rings. The first kappa shape index (κ1) is 11.4. The van der Waals surface area contributed by atoms with Crippen LogP contribution in [-0.2, 0) is 17.8 Å². The Morgan fingerprint density at radius 2 is 2.33 bits per heavy atom. The summed E-state index contributed by atoms with van der Waals surface area (Å²) < 4.78 is 0. The van der Waals surface area contributed by atoms with E-state index >= 15 is 0 Å². The Labute approximate surface area is 109 Å². The van der Waals surface area contributed by atoms with Crippen LogP contribution in [0.3, 0.4) is 0 Å². The van der Waals surface area contributed by atoms with Gasteiger partial charge in [0.1, 0.15) is 5.01 Å². The van der Waals surface area contributed by atoms with Crippen molar-refractivity contribution in [2.45, 2.75) is 13.0 Å². The summed E-state index contributed by atoms with van der Waals surface area (Å²) in [7, 11) is 1.79. The third-order valence-electron chi connectivity index (χ3n) is 3.14. The lowest BCUT2D eigenvalue weighted by atomic mass is 10.1. The zero-order valence-corrected chi connectivity index (χ0v) is 10.7. The third-order valence-corrected chi connectivity index (χ3v) is 3.97. The van der Waals surface area contributed by atoms with E-state index in [4.69, 9.17) is 5.11 Å². The molecular formula is C13H12N2O2S. The first-order chi connectivity index (χ1) is 8.69. The van der Waals surface area contributed by atoms with Crippen LogP contribution in [0.2, 0.25) is 0 Å². The number of rotatable bonds is 2. The molecule has 1 aliphatic heterocycles. The van der Waals surface area contributed by atoms with Gasteiger partial charge in [-0.05, 0) is 17.7 Å². The number of aromatic nitrogens is 1. The molecule has 18 heavy (non-hydrogen) atoms. The van der Waals surface area contributed by atoms with Crippen molar-refractivity contribution in [3.05, 3.63) is 34.2 Å². The number of thiazole rings is 1. The van der Waals surface area contributed by atoms with Gasteiger partial charge in [0.05, 0.1) is 18.7 Å². The van der Waals surface area contributed by atoms with E-state index in [2.05, 4.69) is 4.98 Å². The number of anilines is 1. The zero-order chi connectivity index (χ0) is 12.7. The topological polar surface area (TPSA) is 53.4 Å². The second-order valence-corrected chi connectivity index (χ2v) is 5.20. The maximum Gasteiger partial charge on any atom is 0.231 e. The molecule has 1 amide bonds. The molecule has 0 aliphatic carbocycles. The lowest BCUT2D eigenvalue weighted by molar-refractivity contribution is -0.117. The van der Waals surface area contributed by atoms with Crippen molar-refractivity contribution in [2.75, 3.05) is 11.9 Å². The van der Waals surface area contributed by atoms with E-state index in [1.807, 2.05) is 23.6 Å². The SMILES string of the molecule is CN1C(=O)Cc2cc(-c3csc(CO)n3)ccc21. The minimum Gasteiger partial charge on any atom is -0.389 e. The predicted octanol–water partition coefficient (Wildman–Crippen LogP) is 1.82. The number of hydrogen-bond acceptors (Lipinski definition) is 4. The van der Waals surface area contributed by atoms with E-state index in [9.17, 15) is 4.79 Å². The third kappa shape index (κ3) is 1.72. The number of amides is 1. The van der Waals surface area contributed by atoms with E-state index in [0.717, 1.165) is 22.5 Å². The molecule has 1 aromatic heterocycles. The lowest BCUT2D eigenvalue weighted by Gasteiger charge is -2.09. The van der Waals surface area contributed by atoms with Gasteiger partial charge in [-0.1, -0.05) is 6.07 Å². The Morgan fingerprint density at radius 1 is 1.50 bits per heavy atom. The first-order valence-electron chi connectivity index (χ1n) is 5.64. The highest BCUT2D eigenvalue weighted by atomic mass is 32.1. The fraction of sp³-hybridized carbons (Fsp3) is 0.231. The zero-order valence-electron chi connectivity index (χ0n) is 9.88. The summed E-state index contributed by atoms with van der Waals surface area (Å²) in [4.78, 5) is 17.6. The quantitative estimate of drug-likeness (QED) is 0.896. The average molecular weight is 260 g/mol. The highest BCUT2D eigenvalue weighted by Gasteiger charge is 2.24. The molecule has 0 saturated carbocycles. The molecular weight excluding hydrogens is 248 g/mol. The van der Waals surface area contributed by atoms with Crippen LogP contribution < -0.4 is 4.90 Å². The number of carbonyl (C=O) groups is 1. The molecule has 0 radical (unpaired) electrons. The van der Waals surface area contributed by atoms with Crippen molar-refractivity contribution in [2.24, 2.45) is 0 Å². The van der Waals surface area contributed by atoms with Crippen LogP contribution in [0.5, 0.6) is 0 Å². The number of nitrogens with zero attached hydrogens (tertiary/aromatic N) is 2. The molecule has 0 unspecified atom stereocenters. The molecule has 2 aromatic rings. The predicted molar refractivity (Wildman–Crippen MR) is 70.6 cm³/mol. The monoisotopic (exact) mass is 260 g/mol. The summed E-state index contributed by atoms with van der Waals surface area (Å²) in [6.07, 6.45) is 0.455. The van der Waals surface area contributed by atoms with Crippen LogP contribution in [0.15, 0.2) is 23.6 Å². The van der Waals surface area contributed by atoms with Crippen molar-refractivity contribution in [3.63, 3.8) is 0 Å². The highest BCUT2D eigenvalue weighted by molar-refractivity contribution is 7.09. The molecule has 1 N–H and O–H groups in total. The molecule has 92 valence electrons. The lowest BCUT2D eigenvalue weighted by Crippen LogP contribution is -2.20. The van der Waals surface area contributed by atoms with Crippen molar-refractivity contribution in [3.8, 4) is 11.3 Å². The van der Waals surface area contributed by atoms with Crippen LogP contribution in [0.4, 0.5) is 5.69 Å². The molecule has 0 bridgehead atoms. The Hall–Kier alpha value is -1.72. The summed E-state index contributed by atoms with van der Waals surface area (Å²) in [5, 5.41) is 11.7.